The summed E-state index contributed by atoms with van der Waals surface area (Å²) in [4.78, 5) is 2.47. The molecule has 0 saturated carbocycles. The molecule has 0 atom stereocenters. The fourth-order valence-corrected chi connectivity index (χ4v) is 3.23. The first-order valence-electron chi connectivity index (χ1n) is 11.5. The summed E-state index contributed by atoms with van der Waals surface area (Å²) in [5.74, 6) is 0. The monoisotopic (exact) mass is 427 g/mol. The summed E-state index contributed by atoms with van der Waals surface area (Å²) in [5.41, 5.74) is 5.73. The molecule has 32 heavy (non-hydrogen) atoms. The van der Waals surface area contributed by atoms with Gasteiger partial charge in [-0.1, -0.05) is 44.4 Å². The summed E-state index contributed by atoms with van der Waals surface area (Å²) in [7, 11) is 0. The Morgan fingerprint density at radius 1 is 0.531 bits per heavy atom. The van der Waals surface area contributed by atoms with Crippen molar-refractivity contribution in [2.45, 2.75) is 46.5 Å². The minimum Gasteiger partial charge on any atom is -0.372 e. The molecule has 3 aromatic rings. The molecule has 0 aliphatic heterocycles. The largest absolute Gasteiger partial charge is 0.372 e. The Hall–Kier alpha value is -3.34. The molecule has 3 rings (SSSR count). The molecule has 5 nitrogen and oxygen atoms in total. The zero-order chi connectivity index (χ0) is 22.6. The van der Waals surface area contributed by atoms with E-state index in [0.717, 1.165) is 35.8 Å². The minimum absolute atomic E-state index is 0.785. The van der Waals surface area contributed by atoms with Crippen molar-refractivity contribution in [1.29, 1.82) is 0 Å². The number of nitrogens with zero attached hydrogens (tertiary/aromatic N) is 5. The van der Waals surface area contributed by atoms with Gasteiger partial charge in [-0.05, 0) is 80.4 Å². The van der Waals surface area contributed by atoms with Gasteiger partial charge in [0.25, 0.3) is 0 Å². The van der Waals surface area contributed by atoms with Gasteiger partial charge in [0.15, 0.2) is 0 Å². The van der Waals surface area contributed by atoms with Crippen molar-refractivity contribution in [3.63, 3.8) is 0 Å². The second-order valence-corrected chi connectivity index (χ2v) is 7.96. The number of aryl methyl sites for hydroxylation is 1. The Balaban J connectivity index is 1.59. The van der Waals surface area contributed by atoms with E-state index in [-0.39, 0.29) is 0 Å². The van der Waals surface area contributed by atoms with Crippen LogP contribution >= 0.6 is 0 Å². The van der Waals surface area contributed by atoms with Crippen LogP contribution in [0.4, 0.5) is 28.4 Å². The number of hydrogen-bond donors (Lipinski definition) is 0. The van der Waals surface area contributed by atoms with Crippen LogP contribution in [0.15, 0.2) is 93.3 Å². The first-order valence-corrected chi connectivity index (χ1v) is 11.5. The molecule has 0 spiro atoms. The summed E-state index contributed by atoms with van der Waals surface area (Å²) in [5, 5.41) is 17.3. The van der Waals surface area contributed by atoms with Crippen LogP contribution in [-0.2, 0) is 0 Å². The van der Waals surface area contributed by atoms with Crippen molar-refractivity contribution in [3.05, 3.63) is 78.4 Å². The van der Waals surface area contributed by atoms with Crippen LogP contribution in [0.2, 0.25) is 0 Å². The zero-order valence-electron chi connectivity index (χ0n) is 19.4. The molecule has 5 heteroatoms. The highest BCUT2D eigenvalue weighted by Gasteiger charge is 2.05. The van der Waals surface area contributed by atoms with Crippen LogP contribution in [0.3, 0.4) is 0 Å². The maximum Gasteiger partial charge on any atom is 0.0858 e. The third kappa shape index (κ3) is 7.41. The maximum atomic E-state index is 4.39. The molecule has 0 heterocycles. The average Bonchev–Trinajstić information content (AvgIpc) is 2.84. The standard InChI is InChI=1S/C27H33N5/c1-4-6-20-32(21-7-5-2)27-18-16-26(17-19-27)31-30-25-14-12-24(13-15-25)29-28-23-10-8-22(3)9-11-23/h8-19H,4-7,20-21H2,1-3H3/b29-28+,31-30+. The molecule has 3 aromatic carbocycles. The molecule has 0 bridgehead atoms. The summed E-state index contributed by atoms with van der Waals surface area (Å²) in [6, 6.07) is 23.9. The molecule has 166 valence electrons. The molecule has 0 fully saturated rings. The van der Waals surface area contributed by atoms with E-state index in [0.29, 0.717) is 0 Å². The highest BCUT2D eigenvalue weighted by Crippen LogP contribution is 2.25. The number of hydrogen-bond acceptors (Lipinski definition) is 5. The summed E-state index contributed by atoms with van der Waals surface area (Å²) < 4.78 is 0. The number of unbranched alkanes of at least 4 members (excludes halogenated alkanes) is 2. The quantitative estimate of drug-likeness (QED) is 0.281. The fourth-order valence-electron chi connectivity index (χ4n) is 3.23. The predicted octanol–water partition coefficient (Wildman–Crippen LogP) is 9.23. The number of benzene rings is 3. The van der Waals surface area contributed by atoms with Crippen LogP contribution in [0.1, 0.15) is 45.1 Å². The van der Waals surface area contributed by atoms with E-state index < -0.39 is 0 Å². The number of rotatable bonds is 11. The van der Waals surface area contributed by atoms with Crippen molar-refractivity contribution in [1.82, 2.24) is 0 Å². The molecule has 0 aliphatic rings. The van der Waals surface area contributed by atoms with Crippen molar-refractivity contribution >= 4 is 28.4 Å². The van der Waals surface area contributed by atoms with Gasteiger partial charge in [-0.15, -0.1) is 0 Å². The summed E-state index contributed by atoms with van der Waals surface area (Å²) >= 11 is 0. The van der Waals surface area contributed by atoms with Crippen LogP contribution in [0, 0.1) is 6.92 Å². The molecule has 0 N–H and O–H groups in total. The molecule has 0 saturated heterocycles. The molecule has 0 radical (unpaired) electrons. The van der Waals surface area contributed by atoms with Crippen LogP contribution < -0.4 is 4.90 Å². The van der Waals surface area contributed by atoms with E-state index in [9.17, 15) is 0 Å². The lowest BCUT2D eigenvalue weighted by molar-refractivity contribution is 0.678. The lowest BCUT2D eigenvalue weighted by Gasteiger charge is -2.24. The molecular weight excluding hydrogens is 394 g/mol. The second-order valence-electron chi connectivity index (χ2n) is 7.96. The van der Waals surface area contributed by atoms with Crippen molar-refractivity contribution in [2.75, 3.05) is 18.0 Å². The molecule has 0 unspecified atom stereocenters. The average molecular weight is 428 g/mol. The van der Waals surface area contributed by atoms with Gasteiger partial charge in [-0.2, -0.15) is 20.5 Å². The van der Waals surface area contributed by atoms with Gasteiger partial charge in [-0.25, -0.2) is 0 Å². The Bertz CT molecular complexity index is 982. The van der Waals surface area contributed by atoms with Gasteiger partial charge in [0.1, 0.15) is 0 Å². The lowest BCUT2D eigenvalue weighted by atomic mass is 10.2. The smallest absolute Gasteiger partial charge is 0.0858 e. The third-order valence-corrected chi connectivity index (χ3v) is 5.22. The van der Waals surface area contributed by atoms with Crippen LogP contribution in [-0.4, -0.2) is 13.1 Å². The molecule has 0 amide bonds. The van der Waals surface area contributed by atoms with Gasteiger partial charge in [0.05, 0.1) is 22.7 Å². The van der Waals surface area contributed by atoms with E-state index in [4.69, 9.17) is 0 Å². The van der Waals surface area contributed by atoms with Crippen molar-refractivity contribution in [2.24, 2.45) is 20.5 Å². The van der Waals surface area contributed by atoms with E-state index in [2.05, 4.69) is 58.3 Å². The van der Waals surface area contributed by atoms with Gasteiger partial charge in [-0.3, -0.25) is 0 Å². The maximum absolute atomic E-state index is 4.39. The van der Waals surface area contributed by atoms with E-state index in [1.807, 2.05) is 60.7 Å². The first-order chi connectivity index (χ1) is 15.7. The Morgan fingerprint density at radius 3 is 1.25 bits per heavy atom. The first kappa shape index (κ1) is 23.3. The zero-order valence-corrected chi connectivity index (χ0v) is 19.4. The third-order valence-electron chi connectivity index (χ3n) is 5.22. The predicted molar refractivity (Wildman–Crippen MR) is 134 cm³/mol. The second kappa shape index (κ2) is 12.5. The van der Waals surface area contributed by atoms with E-state index >= 15 is 0 Å². The molecule has 0 aromatic heterocycles. The lowest BCUT2D eigenvalue weighted by Crippen LogP contribution is -2.25. The van der Waals surface area contributed by atoms with Gasteiger partial charge < -0.3 is 4.90 Å². The van der Waals surface area contributed by atoms with E-state index in [1.54, 1.807) is 0 Å². The van der Waals surface area contributed by atoms with Gasteiger partial charge in [0, 0.05) is 18.8 Å². The Kier molecular flexibility index (Phi) is 9.11. The molecular formula is C27H33N5. The normalized spacial score (nSPS) is 11.5. The van der Waals surface area contributed by atoms with Crippen LogP contribution in [0.25, 0.3) is 0 Å². The minimum atomic E-state index is 0.785. The Labute approximate surface area is 191 Å². The van der Waals surface area contributed by atoms with Crippen molar-refractivity contribution in [3.8, 4) is 0 Å². The van der Waals surface area contributed by atoms with E-state index in [1.165, 1.54) is 36.9 Å². The van der Waals surface area contributed by atoms with Crippen LogP contribution in [0.5, 0.6) is 0 Å². The Morgan fingerprint density at radius 2 is 0.875 bits per heavy atom. The topological polar surface area (TPSA) is 52.7 Å². The van der Waals surface area contributed by atoms with Gasteiger partial charge in [0.2, 0.25) is 0 Å². The molecule has 0 aliphatic carbocycles. The summed E-state index contributed by atoms with van der Waals surface area (Å²) in [6.07, 6.45) is 4.85. The van der Waals surface area contributed by atoms with Crippen molar-refractivity contribution < 1.29 is 0 Å². The highest BCUT2D eigenvalue weighted by atomic mass is 15.1. The number of anilines is 1. The highest BCUT2D eigenvalue weighted by molar-refractivity contribution is 5.53. The SMILES string of the molecule is CCCCN(CCCC)c1ccc(/N=N/c2ccc(/N=N/c3ccc(C)cc3)cc2)cc1. The number of azo groups is 2. The fraction of sp³-hybridized carbons (Fsp3) is 0.333. The summed E-state index contributed by atoms with van der Waals surface area (Å²) in [6.45, 7) is 8.73. The van der Waals surface area contributed by atoms with Gasteiger partial charge >= 0.3 is 0 Å².